The van der Waals surface area contributed by atoms with E-state index in [1.54, 1.807) is 13.8 Å². The Kier molecular flexibility index (Phi) is 2.66. The Labute approximate surface area is 101 Å². The Morgan fingerprint density at radius 2 is 1.65 bits per heavy atom. The lowest BCUT2D eigenvalue weighted by atomic mass is 9.81. The summed E-state index contributed by atoms with van der Waals surface area (Å²) >= 11 is 0. The van der Waals surface area contributed by atoms with Gasteiger partial charge in [-0.2, -0.15) is 0 Å². The maximum atomic E-state index is 11.4. The minimum absolute atomic E-state index is 0.800. The van der Waals surface area contributed by atoms with Crippen molar-refractivity contribution in [2.75, 3.05) is 0 Å². The summed E-state index contributed by atoms with van der Waals surface area (Å²) in [5, 5.41) is 11.5. The quantitative estimate of drug-likeness (QED) is 0.854. The smallest absolute Gasteiger partial charge is 0.313 e. The van der Waals surface area contributed by atoms with E-state index in [0.29, 0.717) is 0 Å². The summed E-state index contributed by atoms with van der Waals surface area (Å²) in [6.07, 6.45) is 0. The summed E-state index contributed by atoms with van der Waals surface area (Å²) in [6.45, 7) is 5.53. The normalized spacial score (nSPS) is 11.7. The van der Waals surface area contributed by atoms with E-state index in [2.05, 4.69) is 0 Å². The van der Waals surface area contributed by atoms with E-state index in [9.17, 15) is 9.90 Å². The molecule has 0 aliphatic carbocycles. The zero-order chi connectivity index (χ0) is 12.6. The van der Waals surface area contributed by atoms with Crippen LogP contribution in [-0.4, -0.2) is 11.1 Å². The fourth-order valence-electron chi connectivity index (χ4n) is 2.11. The van der Waals surface area contributed by atoms with E-state index >= 15 is 0 Å². The molecule has 0 saturated carbocycles. The van der Waals surface area contributed by atoms with Crippen molar-refractivity contribution in [3.05, 3.63) is 47.5 Å². The van der Waals surface area contributed by atoms with Crippen LogP contribution in [0.2, 0.25) is 0 Å². The van der Waals surface area contributed by atoms with Gasteiger partial charge in [-0.3, -0.25) is 4.79 Å². The molecule has 0 aliphatic rings. The maximum absolute atomic E-state index is 11.4. The van der Waals surface area contributed by atoms with E-state index < -0.39 is 11.4 Å². The summed E-state index contributed by atoms with van der Waals surface area (Å²) in [5.41, 5.74) is 1.17. The molecule has 2 nitrogen and oxygen atoms in total. The third kappa shape index (κ3) is 1.80. The van der Waals surface area contributed by atoms with Gasteiger partial charge in [0.05, 0.1) is 5.41 Å². The van der Waals surface area contributed by atoms with Crippen LogP contribution in [0.5, 0.6) is 0 Å². The van der Waals surface area contributed by atoms with Crippen LogP contribution in [0.1, 0.15) is 25.0 Å². The van der Waals surface area contributed by atoms with Gasteiger partial charge in [0.2, 0.25) is 0 Å². The lowest BCUT2D eigenvalue weighted by molar-refractivity contribution is -0.142. The van der Waals surface area contributed by atoms with Crippen LogP contribution in [0.3, 0.4) is 0 Å². The molecule has 88 valence electrons. The molecule has 0 aromatic heterocycles. The molecule has 0 bridgehead atoms. The number of carbonyl (C=O) groups is 1. The van der Waals surface area contributed by atoms with Gasteiger partial charge in [0.15, 0.2) is 0 Å². The molecule has 0 radical (unpaired) electrons. The Morgan fingerprint density at radius 3 is 2.24 bits per heavy atom. The van der Waals surface area contributed by atoms with Crippen molar-refractivity contribution in [1.82, 2.24) is 0 Å². The fourth-order valence-corrected chi connectivity index (χ4v) is 2.11. The highest BCUT2D eigenvalue weighted by Gasteiger charge is 2.30. The van der Waals surface area contributed by atoms with E-state index in [0.717, 1.165) is 16.3 Å². The molecule has 17 heavy (non-hydrogen) atoms. The van der Waals surface area contributed by atoms with E-state index in [4.69, 9.17) is 0 Å². The van der Waals surface area contributed by atoms with Gasteiger partial charge >= 0.3 is 5.97 Å². The second-order valence-corrected chi connectivity index (χ2v) is 4.91. The van der Waals surface area contributed by atoms with Crippen LogP contribution < -0.4 is 0 Å². The minimum atomic E-state index is -0.868. The summed E-state index contributed by atoms with van der Waals surface area (Å²) in [4.78, 5) is 11.4. The zero-order valence-electron chi connectivity index (χ0n) is 10.3. The minimum Gasteiger partial charge on any atom is -0.481 e. The highest BCUT2D eigenvalue weighted by Crippen LogP contribution is 2.32. The molecular weight excluding hydrogens is 212 g/mol. The number of hydrogen-bond acceptors (Lipinski definition) is 1. The van der Waals surface area contributed by atoms with Gasteiger partial charge < -0.3 is 5.11 Å². The van der Waals surface area contributed by atoms with Crippen LogP contribution in [-0.2, 0) is 10.2 Å². The third-order valence-corrected chi connectivity index (χ3v) is 3.35. The van der Waals surface area contributed by atoms with Crippen LogP contribution in [0.4, 0.5) is 0 Å². The standard InChI is InChI=1S/C15H16O2/c1-10-8-9-13(15(2,3)14(16)17)12-7-5-4-6-11(10)12/h4-9H,1-3H3,(H,16,17). The molecule has 1 N–H and O–H groups in total. The van der Waals surface area contributed by atoms with Crippen molar-refractivity contribution >= 4 is 16.7 Å². The van der Waals surface area contributed by atoms with Crippen LogP contribution in [0.15, 0.2) is 36.4 Å². The zero-order valence-corrected chi connectivity index (χ0v) is 10.3. The lowest BCUT2D eigenvalue weighted by Crippen LogP contribution is -2.28. The average Bonchev–Trinajstić information content (AvgIpc) is 2.29. The topological polar surface area (TPSA) is 37.3 Å². The molecule has 0 atom stereocenters. The van der Waals surface area contributed by atoms with Crippen molar-refractivity contribution in [2.45, 2.75) is 26.2 Å². The number of aryl methyl sites for hydroxylation is 1. The van der Waals surface area contributed by atoms with Crippen molar-refractivity contribution in [3.63, 3.8) is 0 Å². The predicted molar refractivity (Wildman–Crippen MR) is 69.3 cm³/mol. The van der Waals surface area contributed by atoms with Crippen LogP contribution in [0.25, 0.3) is 10.8 Å². The summed E-state index contributed by atoms with van der Waals surface area (Å²) in [6, 6.07) is 11.9. The first-order valence-electron chi connectivity index (χ1n) is 5.67. The largest absolute Gasteiger partial charge is 0.481 e. The average molecular weight is 228 g/mol. The Balaban J connectivity index is 2.80. The first-order chi connectivity index (χ1) is 7.94. The van der Waals surface area contributed by atoms with Gasteiger partial charge in [-0.25, -0.2) is 0 Å². The maximum Gasteiger partial charge on any atom is 0.313 e. The SMILES string of the molecule is Cc1ccc(C(C)(C)C(=O)O)c2ccccc12. The molecule has 0 fully saturated rings. The molecule has 0 amide bonds. The molecule has 2 heteroatoms. The van der Waals surface area contributed by atoms with Crippen molar-refractivity contribution in [3.8, 4) is 0 Å². The molecule has 0 saturated heterocycles. The molecule has 0 aliphatic heterocycles. The van der Waals surface area contributed by atoms with E-state index in [-0.39, 0.29) is 0 Å². The first-order valence-corrected chi connectivity index (χ1v) is 5.67. The second kappa shape index (κ2) is 3.88. The number of carboxylic acid groups (broad SMARTS) is 1. The predicted octanol–water partition coefficient (Wildman–Crippen LogP) is 3.51. The van der Waals surface area contributed by atoms with Gasteiger partial charge in [0, 0.05) is 0 Å². The highest BCUT2D eigenvalue weighted by atomic mass is 16.4. The molecule has 2 aromatic carbocycles. The number of aliphatic carboxylic acids is 1. The van der Waals surface area contributed by atoms with Gasteiger partial charge in [0.1, 0.15) is 0 Å². The molecule has 0 unspecified atom stereocenters. The van der Waals surface area contributed by atoms with Crippen LogP contribution in [0, 0.1) is 6.92 Å². The monoisotopic (exact) mass is 228 g/mol. The summed E-state index contributed by atoms with van der Waals surface area (Å²) < 4.78 is 0. The lowest BCUT2D eigenvalue weighted by Gasteiger charge is -2.22. The van der Waals surface area contributed by atoms with Crippen molar-refractivity contribution < 1.29 is 9.90 Å². The first kappa shape index (κ1) is 11.6. The molecule has 2 aromatic rings. The second-order valence-electron chi connectivity index (χ2n) is 4.91. The third-order valence-electron chi connectivity index (χ3n) is 3.35. The van der Waals surface area contributed by atoms with Gasteiger partial charge in [-0.15, -0.1) is 0 Å². The summed E-state index contributed by atoms with van der Waals surface area (Å²) in [7, 11) is 0. The van der Waals surface area contributed by atoms with Crippen LogP contribution >= 0.6 is 0 Å². The van der Waals surface area contributed by atoms with E-state index in [1.165, 1.54) is 5.56 Å². The molecule has 0 heterocycles. The molecular formula is C15H16O2. The molecule has 2 rings (SSSR count). The van der Waals surface area contributed by atoms with Gasteiger partial charge in [0.25, 0.3) is 0 Å². The Bertz CT molecular complexity index is 582. The van der Waals surface area contributed by atoms with Crippen molar-refractivity contribution in [1.29, 1.82) is 0 Å². The fraction of sp³-hybridized carbons (Fsp3) is 0.267. The number of hydrogen-bond donors (Lipinski definition) is 1. The Morgan fingerprint density at radius 1 is 1.06 bits per heavy atom. The van der Waals surface area contributed by atoms with E-state index in [1.807, 2.05) is 43.3 Å². The highest BCUT2D eigenvalue weighted by molar-refractivity contribution is 5.94. The van der Waals surface area contributed by atoms with Gasteiger partial charge in [-0.05, 0) is 42.7 Å². The number of carboxylic acids is 1. The molecule has 0 spiro atoms. The van der Waals surface area contributed by atoms with Gasteiger partial charge in [-0.1, -0.05) is 36.4 Å². The van der Waals surface area contributed by atoms with Crippen molar-refractivity contribution in [2.24, 2.45) is 0 Å². The summed E-state index contributed by atoms with van der Waals surface area (Å²) in [5.74, 6) is -0.800. The number of fused-ring (bicyclic) bond motifs is 1. The number of rotatable bonds is 2. The Hall–Kier alpha value is -1.83. The number of benzene rings is 2.